The first kappa shape index (κ1) is 20.1. The SMILES string of the molecule is CC(C)(C)/C=C1\C[C@@H](C=O)[C@@H]2c3cccc(Cl)c3-c3ccc(Cl)c(F)c3[C@@]12C#N. The van der Waals surface area contributed by atoms with Crippen LogP contribution in [-0.2, 0) is 10.2 Å². The van der Waals surface area contributed by atoms with Crippen LogP contribution in [0.15, 0.2) is 42.0 Å². The average Bonchev–Trinajstić information content (AvgIpc) is 2.97. The molecule has 0 N–H and O–H groups in total. The zero-order valence-corrected chi connectivity index (χ0v) is 17.9. The largest absolute Gasteiger partial charge is 0.303 e. The van der Waals surface area contributed by atoms with Crippen molar-refractivity contribution in [2.75, 3.05) is 0 Å². The Kier molecular flexibility index (Phi) is 4.64. The number of halogens is 3. The number of nitrogens with zero attached hydrogens (tertiary/aromatic N) is 1. The lowest BCUT2D eigenvalue weighted by molar-refractivity contribution is -0.111. The fraction of sp³-hybridized carbons (Fsp3) is 0.333. The number of hydrogen-bond donors (Lipinski definition) is 0. The van der Waals surface area contributed by atoms with Gasteiger partial charge in [-0.15, -0.1) is 0 Å². The summed E-state index contributed by atoms with van der Waals surface area (Å²) < 4.78 is 15.6. The number of benzene rings is 2. The number of carbonyl (C=O) groups excluding carboxylic acids is 1. The molecule has 0 bridgehead atoms. The third-order valence-electron chi connectivity index (χ3n) is 5.95. The van der Waals surface area contributed by atoms with Crippen molar-refractivity contribution in [1.29, 1.82) is 5.26 Å². The summed E-state index contributed by atoms with van der Waals surface area (Å²) in [5.74, 6) is -1.59. The Morgan fingerprint density at radius 3 is 2.55 bits per heavy atom. The van der Waals surface area contributed by atoms with Gasteiger partial charge in [-0.2, -0.15) is 5.26 Å². The molecule has 29 heavy (non-hydrogen) atoms. The van der Waals surface area contributed by atoms with E-state index in [-0.39, 0.29) is 16.0 Å². The van der Waals surface area contributed by atoms with Crippen molar-refractivity contribution >= 4 is 29.5 Å². The molecule has 0 radical (unpaired) electrons. The van der Waals surface area contributed by atoms with Gasteiger partial charge in [0.2, 0.25) is 0 Å². The fourth-order valence-corrected chi connectivity index (χ4v) is 5.52. The molecule has 1 fully saturated rings. The number of rotatable bonds is 1. The van der Waals surface area contributed by atoms with Gasteiger partial charge in [-0.05, 0) is 40.7 Å². The lowest BCUT2D eigenvalue weighted by Crippen LogP contribution is -2.37. The van der Waals surface area contributed by atoms with E-state index in [0.29, 0.717) is 22.6 Å². The van der Waals surface area contributed by atoms with Gasteiger partial charge in [0.1, 0.15) is 17.5 Å². The quantitative estimate of drug-likeness (QED) is 0.368. The molecule has 0 heterocycles. The van der Waals surface area contributed by atoms with Crippen LogP contribution in [0.5, 0.6) is 0 Å². The molecule has 0 aromatic heterocycles. The Labute approximate surface area is 179 Å². The minimum Gasteiger partial charge on any atom is -0.303 e. The first-order valence-corrected chi connectivity index (χ1v) is 10.3. The number of allylic oxidation sites excluding steroid dienone is 2. The van der Waals surface area contributed by atoms with Gasteiger partial charge >= 0.3 is 0 Å². The van der Waals surface area contributed by atoms with E-state index < -0.39 is 23.1 Å². The molecule has 4 rings (SSSR count). The summed E-state index contributed by atoms with van der Waals surface area (Å²) in [7, 11) is 0. The van der Waals surface area contributed by atoms with Crippen LogP contribution in [0.3, 0.4) is 0 Å². The zero-order chi connectivity index (χ0) is 21.1. The highest BCUT2D eigenvalue weighted by Crippen LogP contribution is 2.64. The van der Waals surface area contributed by atoms with Gasteiger partial charge in [-0.25, -0.2) is 4.39 Å². The molecule has 3 atom stereocenters. The highest BCUT2D eigenvalue weighted by molar-refractivity contribution is 6.34. The topological polar surface area (TPSA) is 40.9 Å². The molecule has 2 aliphatic carbocycles. The number of nitriles is 1. The lowest BCUT2D eigenvalue weighted by atomic mass is 9.60. The van der Waals surface area contributed by atoms with Gasteiger partial charge in [0.25, 0.3) is 0 Å². The van der Waals surface area contributed by atoms with Crippen molar-refractivity contribution < 1.29 is 9.18 Å². The molecule has 0 spiro atoms. The van der Waals surface area contributed by atoms with Gasteiger partial charge < -0.3 is 4.79 Å². The van der Waals surface area contributed by atoms with Crippen LogP contribution < -0.4 is 0 Å². The fourth-order valence-electron chi connectivity index (χ4n) is 5.08. The van der Waals surface area contributed by atoms with Gasteiger partial charge in [-0.1, -0.05) is 68.2 Å². The molecule has 1 saturated carbocycles. The summed E-state index contributed by atoms with van der Waals surface area (Å²) in [4.78, 5) is 12.1. The van der Waals surface area contributed by atoms with Gasteiger partial charge in [0, 0.05) is 28.0 Å². The summed E-state index contributed by atoms with van der Waals surface area (Å²) >= 11 is 12.7. The first-order chi connectivity index (χ1) is 13.7. The average molecular weight is 428 g/mol. The van der Waals surface area contributed by atoms with E-state index in [9.17, 15) is 10.1 Å². The van der Waals surface area contributed by atoms with Crippen LogP contribution in [0.4, 0.5) is 4.39 Å². The maximum atomic E-state index is 15.6. The zero-order valence-electron chi connectivity index (χ0n) is 16.4. The maximum Gasteiger partial charge on any atom is 0.147 e. The Morgan fingerprint density at radius 1 is 1.21 bits per heavy atom. The van der Waals surface area contributed by atoms with Crippen molar-refractivity contribution in [3.63, 3.8) is 0 Å². The molecule has 5 heteroatoms. The Balaban J connectivity index is 2.21. The molecule has 2 aromatic carbocycles. The minimum absolute atomic E-state index is 0.0442. The van der Waals surface area contributed by atoms with E-state index in [1.54, 1.807) is 12.1 Å². The second-order valence-corrected chi connectivity index (χ2v) is 9.74. The van der Waals surface area contributed by atoms with Crippen LogP contribution >= 0.6 is 23.2 Å². The minimum atomic E-state index is -1.30. The molecule has 148 valence electrons. The van der Waals surface area contributed by atoms with E-state index in [2.05, 4.69) is 6.07 Å². The highest BCUT2D eigenvalue weighted by atomic mass is 35.5. The molecule has 0 saturated heterocycles. The molecular weight excluding hydrogens is 408 g/mol. The second-order valence-electron chi connectivity index (χ2n) is 8.93. The number of fused-ring (bicyclic) bond motifs is 6. The number of aldehydes is 1. The number of carbonyl (C=O) groups is 1. The third-order valence-corrected chi connectivity index (χ3v) is 6.56. The van der Waals surface area contributed by atoms with Crippen LogP contribution in [0, 0.1) is 28.5 Å². The normalized spacial score (nSPS) is 26.4. The van der Waals surface area contributed by atoms with Crippen molar-refractivity contribution in [3.05, 3.63) is 69.0 Å². The van der Waals surface area contributed by atoms with Gasteiger partial charge in [-0.3, -0.25) is 0 Å². The maximum absolute atomic E-state index is 15.6. The predicted octanol–water partition coefficient (Wildman–Crippen LogP) is 6.85. The highest BCUT2D eigenvalue weighted by Gasteiger charge is 2.59. The van der Waals surface area contributed by atoms with Crippen molar-refractivity contribution in [2.45, 2.75) is 38.5 Å². The molecule has 0 amide bonds. The molecule has 2 aliphatic rings. The first-order valence-electron chi connectivity index (χ1n) is 9.51. The van der Waals surface area contributed by atoms with Crippen molar-refractivity contribution in [3.8, 4) is 17.2 Å². The van der Waals surface area contributed by atoms with Crippen LogP contribution in [0.2, 0.25) is 10.0 Å². The molecule has 2 aromatic rings. The Bertz CT molecular complexity index is 1110. The summed E-state index contributed by atoms with van der Waals surface area (Å²) in [6.45, 7) is 6.07. The summed E-state index contributed by atoms with van der Waals surface area (Å²) in [6.07, 6.45) is 3.29. The second kappa shape index (κ2) is 6.69. The molecule has 2 nitrogen and oxygen atoms in total. The summed E-state index contributed by atoms with van der Waals surface area (Å²) in [5, 5.41) is 11.0. The van der Waals surface area contributed by atoms with Crippen LogP contribution in [0.1, 0.15) is 44.2 Å². The van der Waals surface area contributed by atoms with E-state index in [1.807, 2.05) is 39.0 Å². The van der Waals surface area contributed by atoms with E-state index in [0.717, 1.165) is 17.4 Å². The van der Waals surface area contributed by atoms with Gasteiger partial charge in [0.05, 0.1) is 11.1 Å². The standard InChI is InChI=1S/C24H20Cl2FNO/c1-23(2,3)10-14-9-13(11-29)20-15-5-4-6-17(25)19(15)16-7-8-18(26)22(27)21(16)24(14,20)12-28/h4-8,10-11,13,20H,9H2,1-3H3/b14-10+/t13-,20+,24-/m0/s1. The Hall–Kier alpha value is -2.15. The van der Waals surface area contributed by atoms with E-state index in [1.165, 1.54) is 6.07 Å². The third kappa shape index (κ3) is 2.77. The molecule has 0 aliphatic heterocycles. The van der Waals surface area contributed by atoms with Gasteiger partial charge in [0.15, 0.2) is 0 Å². The van der Waals surface area contributed by atoms with Crippen molar-refractivity contribution in [1.82, 2.24) is 0 Å². The van der Waals surface area contributed by atoms with Crippen LogP contribution in [-0.4, -0.2) is 6.29 Å². The van der Waals surface area contributed by atoms with E-state index >= 15 is 4.39 Å². The van der Waals surface area contributed by atoms with Crippen LogP contribution in [0.25, 0.3) is 11.1 Å². The summed E-state index contributed by atoms with van der Waals surface area (Å²) in [6, 6.07) is 11.1. The summed E-state index contributed by atoms with van der Waals surface area (Å²) in [5.41, 5.74) is 1.51. The number of hydrogen-bond acceptors (Lipinski definition) is 2. The molecule has 0 unspecified atom stereocenters. The Morgan fingerprint density at radius 2 is 1.93 bits per heavy atom. The van der Waals surface area contributed by atoms with E-state index in [4.69, 9.17) is 23.2 Å². The lowest BCUT2D eigenvalue weighted by Gasteiger charge is -2.40. The monoisotopic (exact) mass is 427 g/mol. The predicted molar refractivity (Wildman–Crippen MR) is 114 cm³/mol. The smallest absolute Gasteiger partial charge is 0.147 e. The molecular formula is C24H20Cl2FNO. The van der Waals surface area contributed by atoms with Crippen molar-refractivity contribution in [2.24, 2.45) is 11.3 Å².